The molecule has 1 aliphatic heterocycles. The van der Waals surface area contributed by atoms with E-state index in [1.54, 1.807) is 27.8 Å². The first-order chi connectivity index (χ1) is 24.4. The summed E-state index contributed by atoms with van der Waals surface area (Å²) in [5.41, 5.74) is 3.67. The minimum absolute atomic E-state index is 0.106. The average molecular weight is 740 g/mol. The number of aryl methyl sites for hydroxylation is 2. The number of benzene rings is 3. The molecule has 1 aliphatic rings. The summed E-state index contributed by atoms with van der Waals surface area (Å²) in [7, 11) is -2.75. The number of halogens is 1. The van der Waals surface area contributed by atoms with Crippen LogP contribution in [0.2, 0.25) is 9.37 Å². The topological polar surface area (TPSA) is 89.9 Å². The maximum atomic E-state index is 14.0. The zero-order valence-electron chi connectivity index (χ0n) is 29.4. The molecule has 0 spiro atoms. The molecule has 1 unspecified atom stereocenters. The number of hydrogen-bond acceptors (Lipinski definition) is 6. The third-order valence-corrected chi connectivity index (χ3v) is 15.6. The summed E-state index contributed by atoms with van der Waals surface area (Å²) in [6, 6.07) is 31.9. The van der Waals surface area contributed by atoms with Crippen LogP contribution in [0.1, 0.15) is 47.1 Å². The highest BCUT2D eigenvalue weighted by atomic mass is 35.5. The summed E-state index contributed by atoms with van der Waals surface area (Å²) in [6.45, 7) is 11.4. The van der Waals surface area contributed by atoms with E-state index in [0.29, 0.717) is 33.5 Å². The van der Waals surface area contributed by atoms with Gasteiger partial charge in [0.2, 0.25) is 0 Å². The SMILES string of the molecule is Cc1cc(N2CC(CNC(=O)c3ccc(Cl)s3)OC2=O)cc(C)c1-n1cccc(CCO[Si](c2ccccc2)(c2ccccc2)C(C)(C)C)c1=O. The Labute approximate surface area is 308 Å². The van der Waals surface area contributed by atoms with Gasteiger partial charge in [-0.3, -0.25) is 19.1 Å². The van der Waals surface area contributed by atoms with Crippen molar-refractivity contribution in [1.29, 1.82) is 0 Å². The highest BCUT2D eigenvalue weighted by Gasteiger charge is 2.50. The molecule has 3 aromatic carbocycles. The number of nitrogens with zero attached hydrogens (tertiary/aromatic N) is 2. The van der Waals surface area contributed by atoms with Crippen molar-refractivity contribution in [3.63, 3.8) is 0 Å². The molecule has 3 heterocycles. The Morgan fingerprint density at radius 2 is 1.57 bits per heavy atom. The number of hydrogen-bond donors (Lipinski definition) is 1. The number of cyclic esters (lactones) is 1. The first-order valence-electron chi connectivity index (χ1n) is 17.0. The maximum absolute atomic E-state index is 14.0. The van der Waals surface area contributed by atoms with Crippen LogP contribution in [0.15, 0.2) is 108 Å². The largest absolute Gasteiger partial charge is 0.442 e. The number of ether oxygens (including phenoxy) is 1. The van der Waals surface area contributed by atoms with Crippen LogP contribution in [-0.2, 0) is 15.6 Å². The fourth-order valence-electron chi connectivity index (χ4n) is 7.02. The molecule has 5 aromatic rings. The van der Waals surface area contributed by atoms with Crippen LogP contribution in [0.25, 0.3) is 5.69 Å². The molecule has 1 saturated heterocycles. The molecule has 0 saturated carbocycles. The van der Waals surface area contributed by atoms with E-state index < -0.39 is 20.5 Å². The van der Waals surface area contributed by atoms with Gasteiger partial charge in [0.1, 0.15) is 6.10 Å². The molecule has 8 nitrogen and oxygen atoms in total. The van der Waals surface area contributed by atoms with Crippen molar-refractivity contribution in [2.75, 3.05) is 24.6 Å². The van der Waals surface area contributed by atoms with Crippen LogP contribution in [0.3, 0.4) is 0 Å². The van der Waals surface area contributed by atoms with Crippen LogP contribution in [-0.4, -0.2) is 50.7 Å². The Bertz CT molecular complexity index is 2030. The van der Waals surface area contributed by atoms with Crippen LogP contribution in [0, 0.1) is 13.8 Å². The van der Waals surface area contributed by atoms with Crippen LogP contribution in [0.4, 0.5) is 10.5 Å². The van der Waals surface area contributed by atoms with Crippen LogP contribution in [0.5, 0.6) is 0 Å². The van der Waals surface area contributed by atoms with Crippen LogP contribution >= 0.6 is 22.9 Å². The van der Waals surface area contributed by atoms with Crippen molar-refractivity contribution in [2.45, 2.75) is 52.2 Å². The molecule has 51 heavy (non-hydrogen) atoms. The van der Waals surface area contributed by atoms with Gasteiger partial charge in [-0.15, -0.1) is 11.3 Å². The van der Waals surface area contributed by atoms with Crippen molar-refractivity contribution in [1.82, 2.24) is 9.88 Å². The fraction of sp³-hybridized carbons (Fsp3) is 0.275. The van der Waals surface area contributed by atoms with Gasteiger partial charge < -0.3 is 14.5 Å². The number of thiophene rings is 1. The molecule has 11 heteroatoms. The molecule has 2 amide bonds. The van der Waals surface area contributed by atoms with Crippen molar-refractivity contribution in [3.05, 3.63) is 140 Å². The second-order valence-electron chi connectivity index (χ2n) is 13.8. The number of pyridine rings is 1. The Balaban J connectivity index is 1.20. The van der Waals surface area contributed by atoms with E-state index >= 15 is 0 Å². The van der Waals surface area contributed by atoms with Gasteiger partial charge >= 0.3 is 6.09 Å². The predicted octanol–water partition coefficient (Wildman–Crippen LogP) is 7.04. The first-order valence-corrected chi connectivity index (χ1v) is 20.1. The van der Waals surface area contributed by atoms with Crippen molar-refractivity contribution >= 4 is 59.3 Å². The molecule has 0 aliphatic carbocycles. The number of carbonyl (C=O) groups is 2. The smallest absolute Gasteiger partial charge is 0.414 e. The Kier molecular flexibility index (Phi) is 10.7. The average Bonchev–Trinajstić information content (AvgIpc) is 3.71. The van der Waals surface area contributed by atoms with E-state index in [1.165, 1.54) is 21.7 Å². The number of carbonyl (C=O) groups excluding carboxylic acids is 2. The van der Waals surface area contributed by atoms with E-state index in [2.05, 4.69) is 74.6 Å². The highest BCUT2D eigenvalue weighted by Crippen LogP contribution is 2.37. The number of rotatable bonds is 11. The van der Waals surface area contributed by atoms with E-state index in [4.69, 9.17) is 20.8 Å². The lowest BCUT2D eigenvalue weighted by molar-refractivity contribution is 0.0920. The molecular weight excluding hydrogens is 698 g/mol. The van der Waals surface area contributed by atoms with E-state index in [1.807, 2.05) is 50.2 Å². The van der Waals surface area contributed by atoms with Gasteiger partial charge in [-0.05, 0) is 77.1 Å². The normalized spacial score (nSPS) is 14.8. The first kappa shape index (κ1) is 36.3. The van der Waals surface area contributed by atoms with Crippen molar-refractivity contribution in [3.8, 4) is 5.69 Å². The fourth-order valence-corrected chi connectivity index (χ4v) is 12.5. The number of aromatic nitrogens is 1. The third kappa shape index (κ3) is 7.46. The summed E-state index contributed by atoms with van der Waals surface area (Å²) in [5.74, 6) is -0.264. The predicted molar refractivity (Wildman–Crippen MR) is 208 cm³/mol. The standard InChI is InChI=1S/C40H42ClN3O5SSi/c1-27-23-30(44-26-31(49-39(44)47)25-42-37(45)34-18-19-35(41)50-34)24-28(2)36(27)43-21-12-13-29(38(43)46)20-22-48-51(40(3,4)5,32-14-8-6-9-15-32)33-16-10-7-11-17-33/h6-19,21,23-24,31H,20,22,25-26H2,1-5H3,(H,42,45). The lowest BCUT2D eigenvalue weighted by atomic mass is 10.1. The van der Waals surface area contributed by atoms with E-state index in [9.17, 15) is 14.4 Å². The van der Waals surface area contributed by atoms with E-state index in [-0.39, 0.29) is 29.6 Å². The molecule has 0 radical (unpaired) electrons. The second kappa shape index (κ2) is 15.0. The van der Waals surface area contributed by atoms with Gasteiger partial charge in [0.25, 0.3) is 19.8 Å². The molecule has 264 valence electrons. The molecule has 6 rings (SSSR count). The third-order valence-electron chi connectivity index (χ3n) is 9.32. The van der Waals surface area contributed by atoms with Gasteiger partial charge in [0.05, 0.1) is 28.0 Å². The maximum Gasteiger partial charge on any atom is 0.414 e. The Morgan fingerprint density at radius 3 is 2.14 bits per heavy atom. The van der Waals surface area contributed by atoms with Crippen LogP contribution < -0.4 is 26.1 Å². The molecule has 1 atom stereocenters. The number of anilines is 1. The zero-order valence-corrected chi connectivity index (χ0v) is 32.0. The summed E-state index contributed by atoms with van der Waals surface area (Å²) >= 11 is 7.15. The zero-order chi connectivity index (χ0) is 36.3. The van der Waals surface area contributed by atoms with Gasteiger partial charge in [-0.25, -0.2) is 4.79 Å². The Morgan fingerprint density at radius 1 is 0.941 bits per heavy atom. The number of nitrogens with one attached hydrogen (secondary N) is 1. The molecule has 1 N–H and O–H groups in total. The van der Waals surface area contributed by atoms with Crippen molar-refractivity contribution in [2.24, 2.45) is 0 Å². The monoisotopic (exact) mass is 739 g/mol. The Hall–Kier alpha value is -4.48. The molecular formula is C40H42ClN3O5SSi. The lowest BCUT2D eigenvalue weighted by Crippen LogP contribution is -2.66. The number of amides is 2. The summed E-state index contributed by atoms with van der Waals surface area (Å²) < 4.78 is 14.9. The minimum atomic E-state index is -2.75. The minimum Gasteiger partial charge on any atom is -0.442 e. The van der Waals surface area contributed by atoms with Gasteiger partial charge in [-0.2, -0.15) is 0 Å². The molecule has 2 aromatic heterocycles. The molecule has 1 fully saturated rings. The van der Waals surface area contributed by atoms with Gasteiger partial charge in [-0.1, -0.05) is 99.1 Å². The molecule has 0 bridgehead atoms. The quantitative estimate of drug-likeness (QED) is 0.147. The lowest BCUT2D eigenvalue weighted by Gasteiger charge is -2.43. The van der Waals surface area contributed by atoms with Crippen molar-refractivity contribution < 1.29 is 18.8 Å². The van der Waals surface area contributed by atoms with Gasteiger partial charge in [0, 0.05) is 24.1 Å². The highest BCUT2D eigenvalue weighted by molar-refractivity contribution is 7.18. The summed E-state index contributed by atoms with van der Waals surface area (Å²) in [4.78, 5) is 41.5. The van der Waals surface area contributed by atoms with E-state index in [0.717, 1.165) is 16.8 Å². The second-order valence-corrected chi connectivity index (χ2v) is 19.8. The summed E-state index contributed by atoms with van der Waals surface area (Å²) in [5, 5.41) is 5.05. The van der Waals surface area contributed by atoms with Gasteiger partial charge in [0.15, 0.2) is 0 Å². The summed E-state index contributed by atoms with van der Waals surface area (Å²) in [6.07, 6.45) is 1.24.